The lowest BCUT2D eigenvalue weighted by atomic mass is 10.1. The van der Waals surface area contributed by atoms with Crippen molar-refractivity contribution in [2.75, 3.05) is 6.54 Å². The molecule has 0 spiro atoms. The molecule has 1 saturated carbocycles. The largest absolute Gasteiger partial charge is 0.464 e. The van der Waals surface area contributed by atoms with Crippen molar-refractivity contribution in [2.45, 2.75) is 32.1 Å². The van der Waals surface area contributed by atoms with Crippen molar-refractivity contribution in [1.82, 2.24) is 5.32 Å². The number of amides is 1. The number of rotatable bonds is 5. The number of benzene rings is 1. The molecule has 1 aliphatic carbocycles. The quantitative estimate of drug-likeness (QED) is 0.891. The summed E-state index contributed by atoms with van der Waals surface area (Å²) in [5, 5.41) is 4.18. The molecule has 1 amide bonds. The first-order valence-electron chi connectivity index (χ1n) is 7.02. The number of para-hydroxylation sites is 1. The highest BCUT2D eigenvalue weighted by molar-refractivity contribution is 5.81. The molecule has 19 heavy (non-hydrogen) atoms. The predicted molar refractivity (Wildman–Crippen MR) is 75.0 cm³/mol. The molecule has 1 fully saturated rings. The summed E-state index contributed by atoms with van der Waals surface area (Å²) >= 11 is 0. The van der Waals surface area contributed by atoms with E-state index in [-0.39, 0.29) is 5.91 Å². The van der Waals surface area contributed by atoms with Gasteiger partial charge in [0, 0.05) is 18.4 Å². The van der Waals surface area contributed by atoms with Crippen molar-refractivity contribution < 1.29 is 9.21 Å². The van der Waals surface area contributed by atoms with Crippen molar-refractivity contribution in [3.8, 4) is 0 Å². The molecule has 2 atom stereocenters. The lowest BCUT2D eigenvalue weighted by molar-refractivity contribution is -0.121. The van der Waals surface area contributed by atoms with Crippen LogP contribution < -0.4 is 5.32 Å². The number of hydrogen-bond donors (Lipinski definition) is 1. The normalized spacial score (nSPS) is 21.5. The molecular weight excluding hydrogens is 238 g/mol. The summed E-state index contributed by atoms with van der Waals surface area (Å²) in [5.74, 6) is 1.28. The minimum Gasteiger partial charge on any atom is -0.464 e. The number of carbonyl (C=O) groups is 1. The van der Waals surface area contributed by atoms with Crippen LogP contribution in [0.25, 0.3) is 11.0 Å². The zero-order valence-electron chi connectivity index (χ0n) is 11.2. The standard InChI is InChI=1S/C16H19NO2/c1-2-4-15(18)17-10-12-9-14(12)13-6-3-5-11-7-8-19-16(11)13/h3,5-8,12,14H,2,4,9-10H2,1H3,(H,17,18). The number of nitrogens with one attached hydrogen (secondary N) is 1. The van der Waals surface area contributed by atoms with Gasteiger partial charge in [0.1, 0.15) is 5.58 Å². The van der Waals surface area contributed by atoms with Crippen LogP contribution >= 0.6 is 0 Å². The van der Waals surface area contributed by atoms with Crippen LogP contribution in [-0.2, 0) is 4.79 Å². The number of furan rings is 1. The summed E-state index contributed by atoms with van der Waals surface area (Å²) in [6.45, 7) is 2.82. The topological polar surface area (TPSA) is 42.2 Å². The Hall–Kier alpha value is -1.77. The predicted octanol–water partition coefficient (Wildman–Crippen LogP) is 3.45. The van der Waals surface area contributed by atoms with Crippen LogP contribution in [0, 0.1) is 5.92 Å². The Morgan fingerprint density at radius 3 is 3.16 bits per heavy atom. The fourth-order valence-electron chi connectivity index (χ4n) is 2.72. The first kappa shape index (κ1) is 12.3. The number of fused-ring (bicyclic) bond motifs is 1. The average Bonchev–Trinajstić information content (AvgIpc) is 3.02. The third-order valence-electron chi connectivity index (χ3n) is 3.87. The summed E-state index contributed by atoms with van der Waals surface area (Å²) in [6, 6.07) is 8.30. The molecule has 1 heterocycles. The molecule has 2 aromatic rings. The van der Waals surface area contributed by atoms with Gasteiger partial charge in [0.05, 0.1) is 6.26 Å². The maximum atomic E-state index is 11.5. The smallest absolute Gasteiger partial charge is 0.219 e. The molecule has 1 aromatic heterocycles. The summed E-state index contributed by atoms with van der Waals surface area (Å²) in [6.07, 6.45) is 4.43. The van der Waals surface area contributed by atoms with Gasteiger partial charge in [-0.3, -0.25) is 4.79 Å². The Balaban J connectivity index is 1.63. The van der Waals surface area contributed by atoms with E-state index in [1.54, 1.807) is 6.26 Å². The first-order valence-corrected chi connectivity index (χ1v) is 7.02. The van der Waals surface area contributed by atoms with Gasteiger partial charge in [-0.2, -0.15) is 0 Å². The van der Waals surface area contributed by atoms with Gasteiger partial charge in [-0.05, 0) is 36.3 Å². The molecule has 0 aliphatic heterocycles. The van der Waals surface area contributed by atoms with E-state index >= 15 is 0 Å². The van der Waals surface area contributed by atoms with Gasteiger partial charge in [-0.1, -0.05) is 25.1 Å². The van der Waals surface area contributed by atoms with Crippen LogP contribution in [0.1, 0.15) is 37.7 Å². The van der Waals surface area contributed by atoms with Crippen LogP contribution in [0.5, 0.6) is 0 Å². The van der Waals surface area contributed by atoms with Gasteiger partial charge in [-0.25, -0.2) is 0 Å². The molecular formula is C16H19NO2. The second-order valence-corrected chi connectivity index (χ2v) is 5.34. The molecule has 3 heteroatoms. The van der Waals surface area contributed by atoms with Crippen LogP contribution in [0.3, 0.4) is 0 Å². The van der Waals surface area contributed by atoms with Crippen LogP contribution in [0.15, 0.2) is 34.9 Å². The molecule has 1 aliphatic rings. The molecule has 3 rings (SSSR count). The van der Waals surface area contributed by atoms with Crippen molar-refractivity contribution in [1.29, 1.82) is 0 Å². The second-order valence-electron chi connectivity index (χ2n) is 5.34. The zero-order valence-corrected chi connectivity index (χ0v) is 11.2. The van der Waals surface area contributed by atoms with E-state index in [1.165, 1.54) is 5.56 Å². The van der Waals surface area contributed by atoms with Crippen molar-refractivity contribution in [3.05, 3.63) is 36.1 Å². The minimum atomic E-state index is 0.171. The van der Waals surface area contributed by atoms with E-state index in [2.05, 4.69) is 23.5 Å². The molecule has 0 radical (unpaired) electrons. The fourth-order valence-corrected chi connectivity index (χ4v) is 2.72. The summed E-state index contributed by atoms with van der Waals surface area (Å²) in [4.78, 5) is 11.5. The SMILES string of the molecule is CCCC(=O)NCC1CC1c1cccc2ccoc12. The first-order chi connectivity index (χ1) is 9.29. The Kier molecular flexibility index (Phi) is 3.28. The maximum absolute atomic E-state index is 11.5. The molecule has 2 unspecified atom stereocenters. The van der Waals surface area contributed by atoms with Crippen LogP contribution in [0.4, 0.5) is 0 Å². The van der Waals surface area contributed by atoms with E-state index in [1.807, 2.05) is 13.0 Å². The van der Waals surface area contributed by atoms with Crippen molar-refractivity contribution in [2.24, 2.45) is 5.92 Å². The monoisotopic (exact) mass is 257 g/mol. The van der Waals surface area contributed by atoms with E-state index in [0.717, 1.165) is 30.4 Å². The third-order valence-corrected chi connectivity index (χ3v) is 3.87. The van der Waals surface area contributed by atoms with Crippen molar-refractivity contribution in [3.63, 3.8) is 0 Å². The second kappa shape index (κ2) is 5.08. The zero-order chi connectivity index (χ0) is 13.2. The molecule has 0 bridgehead atoms. The average molecular weight is 257 g/mol. The maximum Gasteiger partial charge on any atom is 0.219 e. The molecule has 100 valence electrons. The van der Waals surface area contributed by atoms with Gasteiger partial charge in [0.25, 0.3) is 0 Å². The summed E-state index contributed by atoms with van der Waals surface area (Å²) < 4.78 is 5.58. The van der Waals surface area contributed by atoms with Gasteiger partial charge in [-0.15, -0.1) is 0 Å². The Bertz CT molecular complexity index is 587. The van der Waals surface area contributed by atoms with Gasteiger partial charge in [0.2, 0.25) is 5.91 Å². The summed E-state index contributed by atoms with van der Waals surface area (Å²) in [7, 11) is 0. The molecule has 0 saturated heterocycles. The Morgan fingerprint density at radius 2 is 2.32 bits per heavy atom. The summed E-state index contributed by atoms with van der Waals surface area (Å²) in [5.41, 5.74) is 2.30. The Labute approximate surface area is 113 Å². The third kappa shape index (κ3) is 2.50. The van der Waals surface area contributed by atoms with Crippen LogP contribution in [-0.4, -0.2) is 12.5 Å². The lowest BCUT2D eigenvalue weighted by Crippen LogP contribution is -2.25. The van der Waals surface area contributed by atoms with Crippen molar-refractivity contribution >= 4 is 16.9 Å². The number of hydrogen-bond acceptors (Lipinski definition) is 2. The highest BCUT2D eigenvalue weighted by Crippen LogP contribution is 2.49. The van der Waals surface area contributed by atoms with E-state index in [0.29, 0.717) is 18.3 Å². The van der Waals surface area contributed by atoms with E-state index in [9.17, 15) is 4.79 Å². The number of carbonyl (C=O) groups excluding carboxylic acids is 1. The fraction of sp³-hybridized carbons (Fsp3) is 0.438. The van der Waals surface area contributed by atoms with E-state index in [4.69, 9.17) is 4.42 Å². The minimum absolute atomic E-state index is 0.171. The highest BCUT2D eigenvalue weighted by Gasteiger charge is 2.39. The lowest BCUT2D eigenvalue weighted by Gasteiger charge is -2.04. The molecule has 3 nitrogen and oxygen atoms in total. The molecule has 1 N–H and O–H groups in total. The van der Waals surface area contributed by atoms with Gasteiger partial charge in [0.15, 0.2) is 0 Å². The van der Waals surface area contributed by atoms with E-state index < -0.39 is 0 Å². The van der Waals surface area contributed by atoms with Gasteiger partial charge >= 0.3 is 0 Å². The molecule has 1 aromatic carbocycles. The van der Waals surface area contributed by atoms with Crippen LogP contribution in [0.2, 0.25) is 0 Å². The Morgan fingerprint density at radius 1 is 1.42 bits per heavy atom. The highest BCUT2D eigenvalue weighted by atomic mass is 16.3. The van der Waals surface area contributed by atoms with Gasteiger partial charge < -0.3 is 9.73 Å².